The smallest absolute Gasteiger partial charge is 0.246 e. The Kier molecular flexibility index (Phi) is 24.1. The van der Waals surface area contributed by atoms with Crippen LogP contribution in [0, 0.1) is 5.21 Å². The van der Waals surface area contributed by atoms with E-state index in [0.29, 0.717) is 73.6 Å². The Morgan fingerprint density at radius 3 is 1.60 bits per heavy atom. The van der Waals surface area contributed by atoms with E-state index in [-0.39, 0.29) is 50.6 Å². The summed E-state index contributed by atoms with van der Waals surface area (Å²) in [6, 6.07) is 0. The van der Waals surface area contributed by atoms with Crippen molar-refractivity contribution in [3.63, 3.8) is 0 Å². The molecule has 0 saturated heterocycles. The first kappa shape index (κ1) is 37.7. The number of nitrogens with two attached hydrogens (primary N) is 1. The number of hydroxylamine groups is 6. The van der Waals surface area contributed by atoms with Gasteiger partial charge in [0.25, 0.3) is 0 Å². The molecular formula is C27H54N6O7. The highest BCUT2D eigenvalue weighted by atomic mass is 16.5. The molecule has 0 saturated carbocycles. The molecule has 0 spiro atoms. The van der Waals surface area contributed by atoms with Crippen molar-refractivity contribution >= 4 is 23.6 Å². The topological polar surface area (TPSA) is 193 Å². The van der Waals surface area contributed by atoms with E-state index < -0.39 is 11.8 Å². The molecule has 0 bridgehead atoms. The molecule has 0 heterocycles. The van der Waals surface area contributed by atoms with Gasteiger partial charge in [-0.1, -0.05) is 19.8 Å². The lowest BCUT2D eigenvalue weighted by Crippen LogP contribution is -3.07. The molecule has 13 nitrogen and oxygen atoms in total. The van der Waals surface area contributed by atoms with Crippen molar-refractivity contribution in [1.29, 1.82) is 0 Å². The van der Waals surface area contributed by atoms with E-state index in [1.807, 2.05) is 0 Å². The SMILES string of the molecule is CCCC[NH+]([O-])CCCCCNC(=O)CCC(=O)N(O)CCCCCNC(=O)CCC(=O)N(O)CCCCCN. The van der Waals surface area contributed by atoms with E-state index in [1.165, 1.54) is 0 Å². The van der Waals surface area contributed by atoms with Gasteiger partial charge < -0.3 is 26.6 Å². The number of carbonyl (C=O) groups is 4. The summed E-state index contributed by atoms with van der Waals surface area (Å²) in [4.78, 5) is 47.7. The molecule has 0 fully saturated rings. The quantitative estimate of drug-likeness (QED) is 0.0497. The Morgan fingerprint density at radius 1 is 0.675 bits per heavy atom. The summed E-state index contributed by atoms with van der Waals surface area (Å²) in [5.74, 6) is -1.53. The van der Waals surface area contributed by atoms with Gasteiger partial charge in [0, 0.05) is 51.9 Å². The van der Waals surface area contributed by atoms with E-state index in [1.54, 1.807) is 0 Å². The largest absolute Gasteiger partial charge is 0.634 e. The summed E-state index contributed by atoms with van der Waals surface area (Å²) in [5, 5.41) is 38.2. The van der Waals surface area contributed by atoms with Crippen LogP contribution in [0.5, 0.6) is 0 Å². The monoisotopic (exact) mass is 574 g/mol. The lowest BCUT2D eigenvalue weighted by Gasteiger charge is -2.21. The predicted molar refractivity (Wildman–Crippen MR) is 151 cm³/mol. The third-order valence-electron chi connectivity index (χ3n) is 6.41. The van der Waals surface area contributed by atoms with Crippen LogP contribution in [0.1, 0.15) is 103 Å². The number of rotatable bonds is 26. The number of hydrogen-bond acceptors (Lipinski definition) is 8. The number of nitrogens with zero attached hydrogens (tertiary/aromatic N) is 2. The van der Waals surface area contributed by atoms with Crippen molar-refractivity contribution in [2.45, 2.75) is 103 Å². The van der Waals surface area contributed by atoms with Crippen LogP contribution in [-0.2, 0) is 19.2 Å². The Morgan fingerprint density at radius 2 is 1.12 bits per heavy atom. The first-order chi connectivity index (χ1) is 19.2. The van der Waals surface area contributed by atoms with Crippen molar-refractivity contribution in [3.05, 3.63) is 5.21 Å². The molecule has 0 aliphatic rings. The first-order valence-electron chi connectivity index (χ1n) is 14.9. The molecule has 0 aliphatic heterocycles. The van der Waals surface area contributed by atoms with Gasteiger partial charge in [-0.25, -0.2) is 10.1 Å². The zero-order chi connectivity index (χ0) is 30.0. The third-order valence-corrected chi connectivity index (χ3v) is 6.41. The van der Waals surface area contributed by atoms with E-state index in [4.69, 9.17) is 5.73 Å². The minimum Gasteiger partial charge on any atom is -0.634 e. The van der Waals surface area contributed by atoms with Crippen LogP contribution >= 0.6 is 0 Å². The standard InChI is InChI=1S/C27H54N6O7/c1-2-3-20-31(38)21-10-5-8-18-29-24(34)14-16-27(37)33(40)23-12-6-9-19-30-25(35)13-15-26(36)32(39)22-11-4-7-17-28/h31,39-40H,2-23,28H2,1H3,(H,29,34)(H,30,35). The van der Waals surface area contributed by atoms with Crippen LogP contribution in [0.4, 0.5) is 0 Å². The normalized spacial score (nSPS) is 11.6. The van der Waals surface area contributed by atoms with Gasteiger partial charge in [0.2, 0.25) is 23.6 Å². The van der Waals surface area contributed by atoms with Gasteiger partial charge in [0.15, 0.2) is 0 Å². The molecule has 0 aromatic heterocycles. The summed E-state index contributed by atoms with van der Waals surface area (Å²) in [6.45, 7) is 5.14. The van der Waals surface area contributed by atoms with Crippen molar-refractivity contribution in [2.24, 2.45) is 5.73 Å². The lowest BCUT2D eigenvalue weighted by atomic mass is 10.2. The van der Waals surface area contributed by atoms with Gasteiger partial charge >= 0.3 is 0 Å². The number of carbonyl (C=O) groups excluding carboxylic acids is 4. The maximum Gasteiger partial charge on any atom is 0.246 e. The summed E-state index contributed by atoms with van der Waals surface area (Å²) >= 11 is 0. The molecule has 0 aliphatic carbocycles. The van der Waals surface area contributed by atoms with Gasteiger partial charge in [-0.3, -0.25) is 29.6 Å². The summed E-state index contributed by atoms with van der Waals surface area (Å²) < 4.78 is 0. The van der Waals surface area contributed by atoms with Crippen molar-refractivity contribution in [3.8, 4) is 0 Å². The Hall–Kier alpha value is -2.32. The third kappa shape index (κ3) is 22.5. The van der Waals surface area contributed by atoms with Gasteiger partial charge in [-0.2, -0.15) is 0 Å². The van der Waals surface area contributed by atoms with E-state index >= 15 is 0 Å². The molecule has 0 aromatic rings. The highest BCUT2D eigenvalue weighted by molar-refractivity contribution is 5.83. The Bertz CT molecular complexity index is 698. The second-order valence-corrected chi connectivity index (χ2v) is 10.1. The molecule has 13 heteroatoms. The number of quaternary nitrogens is 1. The summed E-state index contributed by atoms with van der Waals surface area (Å²) in [6.07, 6.45) is 8.43. The maximum absolute atomic E-state index is 12.0. The molecule has 234 valence electrons. The van der Waals surface area contributed by atoms with Crippen molar-refractivity contribution < 1.29 is 34.7 Å². The van der Waals surface area contributed by atoms with Gasteiger partial charge in [0.05, 0.1) is 13.1 Å². The highest BCUT2D eigenvalue weighted by Crippen LogP contribution is 2.03. The van der Waals surface area contributed by atoms with E-state index in [0.717, 1.165) is 44.9 Å². The first-order valence-corrected chi connectivity index (χ1v) is 14.9. The van der Waals surface area contributed by atoms with Gasteiger partial charge in [0.1, 0.15) is 0 Å². The van der Waals surface area contributed by atoms with E-state index in [2.05, 4.69) is 17.6 Å². The molecule has 40 heavy (non-hydrogen) atoms. The lowest BCUT2D eigenvalue weighted by molar-refractivity contribution is -0.848. The fourth-order valence-corrected chi connectivity index (χ4v) is 3.85. The Labute approximate surface area is 239 Å². The zero-order valence-electron chi connectivity index (χ0n) is 24.5. The zero-order valence-corrected chi connectivity index (χ0v) is 24.5. The molecule has 1 atom stereocenters. The molecular weight excluding hydrogens is 520 g/mol. The van der Waals surface area contributed by atoms with Crippen LogP contribution in [0.2, 0.25) is 0 Å². The molecule has 0 rings (SSSR count). The fraction of sp³-hybridized carbons (Fsp3) is 0.852. The van der Waals surface area contributed by atoms with Crippen molar-refractivity contribution in [1.82, 2.24) is 20.8 Å². The molecule has 7 N–H and O–H groups in total. The number of hydrogen-bond donors (Lipinski definition) is 6. The number of unbranched alkanes of at least 4 members (excludes halogenated alkanes) is 7. The van der Waals surface area contributed by atoms with Crippen LogP contribution in [-0.4, -0.2) is 90.0 Å². The fourth-order valence-electron chi connectivity index (χ4n) is 3.85. The summed E-state index contributed by atoms with van der Waals surface area (Å²) in [7, 11) is 0. The average Bonchev–Trinajstić information content (AvgIpc) is 2.94. The number of nitrogens with one attached hydrogen (secondary N) is 3. The molecule has 0 aromatic carbocycles. The van der Waals surface area contributed by atoms with Crippen molar-refractivity contribution in [2.75, 3.05) is 45.8 Å². The minimum atomic E-state index is -0.518. The van der Waals surface area contributed by atoms with Crippen LogP contribution in [0.25, 0.3) is 0 Å². The van der Waals surface area contributed by atoms with Crippen LogP contribution in [0.3, 0.4) is 0 Å². The van der Waals surface area contributed by atoms with Gasteiger partial charge in [-0.05, 0) is 64.3 Å². The van der Waals surface area contributed by atoms with E-state index in [9.17, 15) is 34.8 Å². The molecule has 0 radical (unpaired) electrons. The second kappa shape index (κ2) is 25.6. The van der Waals surface area contributed by atoms with Crippen LogP contribution in [0.15, 0.2) is 0 Å². The maximum atomic E-state index is 12.0. The predicted octanol–water partition coefficient (Wildman–Crippen LogP) is 0.867. The number of amides is 4. The van der Waals surface area contributed by atoms with Crippen LogP contribution < -0.4 is 21.4 Å². The highest BCUT2D eigenvalue weighted by Gasteiger charge is 2.14. The summed E-state index contributed by atoms with van der Waals surface area (Å²) in [5.41, 5.74) is 5.40. The second-order valence-electron chi connectivity index (χ2n) is 10.1. The molecule has 4 amide bonds. The Balaban J connectivity index is 3.73. The minimum absolute atomic E-state index is 0.00224. The van der Waals surface area contributed by atoms with Gasteiger partial charge in [-0.15, -0.1) is 0 Å². The average molecular weight is 575 g/mol. The molecule has 1 unspecified atom stereocenters.